The minimum Gasteiger partial charge on any atom is -0.348 e. The van der Waals surface area contributed by atoms with Gasteiger partial charge in [-0.05, 0) is 32.3 Å². The molecule has 2 heterocycles. The van der Waals surface area contributed by atoms with Crippen molar-refractivity contribution in [3.8, 4) is 0 Å². The van der Waals surface area contributed by atoms with Gasteiger partial charge in [-0.1, -0.05) is 15.9 Å². The van der Waals surface area contributed by atoms with Gasteiger partial charge >= 0.3 is 0 Å². The summed E-state index contributed by atoms with van der Waals surface area (Å²) in [6.45, 7) is 5.47. The summed E-state index contributed by atoms with van der Waals surface area (Å²) in [7, 11) is 0. The lowest BCUT2D eigenvalue weighted by atomic mass is 10.2. The van der Waals surface area contributed by atoms with Crippen LogP contribution in [0.25, 0.3) is 0 Å². The van der Waals surface area contributed by atoms with Gasteiger partial charge in [0.25, 0.3) is 0 Å². The first kappa shape index (κ1) is 13.1. The predicted octanol–water partition coefficient (Wildman–Crippen LogP) is 2.36. The molecule has 4 nitrogen and oxygen atoms in total. The van der Waals surface area contributed by atoms with E-state index in [-0.39, 0.29) is 6.10 Å². The highest BCUT2D eigenvalue weighted by molar-refractivity contribution is 9.09. The normalized spacial score (nSPS) is 23.1. The van der Waals surface area contributed by atoms with E-state index >= 15 is 0 Å². The van der Waals surface area contributed by atoms with Crippen LogP contribution in [0.4, 0.5) is 0 Å². The fourth-order valence-corrected chi connectivity index (χ4v) is 2.41. The van der Waals surface area contributed by atoms with Crippen molar-refractivity contribution >= 4 is 15.9 Å². The molecule has 0 aliphatic carbocycles. The number of hydrogen-bond acceptors (Lipinski definition) is 3. The number of aryl methyl sites for hydroxylation is 2. The van der Waals surface area contributed by atoms with Crippen molar-refractivity contribution < 1.29 is 9.47 Å². The van der Waals surface area contributed by atoms with E-state index in [4.69, 9.17) is 9.47 Å². The van der Waals surface area contributed by atoms with Gasteiger partial charge in [-0.15, -0.1) is 0 Å². The Balaban J connectivity index is 1.78. The molecule has 1 aromatic rings. The largest absolute Gasteiger partial charge is 0.348 e. The van der Waals surface area contributed by atoms with E-state index in [0.29, 0.717) is 6.61 Å². The zero-order valence-electron chi connectivity index (χ0n) is 10.4. The van der Waals surface area contributed by atoms with Gasteiger partial charge in [0.05, 0.1) is 18.9 Å². The molecule has 1 aliphatic rings. The van der Waals surface area contributed by atoms with E-state index in [1.54, 1.807) is 0 Å². The molecule has 1 unspecified atom stereocenters. The molecular formula is C12H19BrN2O2. The van der Waals surface area contributed by atoms with Crippen molar-refractivity contribution in [1.29, 1.82) is 0 Å². The minimum absolute atomic E-state index is 0.189. The first-order valence-electron chi connectivity index (χ1n) is 5.98. The Morgan fingerprint density at radius 2 is 2.41 bits per heavy atom. The van der Waals surface area contributed by atoms with Gasteiger partial charge in [0, 0.05) is 18.1 Å². The van der Waals surface area contributed by atoms with Crippen LogP contribution >= 0.6 is 15.9 Å². The number of halogens is 1. The summed E-state index contributed by atoms with van der Waals surface area (Å²) in [6.07, 6.45) is 6.18. The number of aromatic nitrogens is 2. The number of nitrogens with zero attached hydrogens (tertiary/aromatic N) is 2. The molecule has 1 aromatic heterocycles. The standard InChI is InChI=1S/C12H19BrN2O2/c1-12(2)16-9-11(17-12)4-6-15-8-10(3-5-13)7-14-15/h7-8,11H,3-6,9H2,1-2H3. The Labute approximate surface area is 110 Å². The third-order valence-corrected chi connectivity index (χ3v) is 3.21. The lowest BCUT2D eigenvalue weighted by Crippen LogP contribution is -2.22. The Bertz CT molecular complexity index is 365. The van der Waals surface area contributed by atoms with Crippen LogP contribution in [-0.4, -0.2) is 33.6 Å². The molecule has 1 saturated heterocycles. The second-order valence-electron chi connectivity index (χ2n) is 4.79. The van der Waals surface area contributed by atoms with Gasteiger partial charge in [0.2, 0.25) is 0 Å². The number of rotatable bonds is 5. The van der Waals surface area contributed by atoms with Crippen LogP contribution in [0.2, 0.25) is 0 Å². The molecule has 0 bridgehead atoms. The van der Waals surface area contributed by atoms with Gasteiger partial charge in [0.1, 0.15) is 0 Å². The van der Waals surface area contributed by atoms with Crippen molar-refractivity contribution in [2.24, 2.45) is 0 Å². The summed E-state index contributed by atoms with van der Waals surface area (Å²) >= 11 is 3.43. The maximum atomic E-state index is 5.75. The Morgan fingerprint density at radius 3 is 3.06 bits per heavy atom. The third kappa shape index (κ3) is 3.79. The second kappa shape index (κ2) is 5.50. The number of ether oxygens (including phenoxy) is 2. The predicted molar refractivity (Wildman–Crippen MR) is 69.2 cm³/mol. The summed E-state index contributed by atoms with van der Waals surface area (Å²) in [4.78, 5) is 0. The summed E-state index contributed by atoms with van der Waals surface area (Å²) in [5.74, 6) is -0.421. The first-order chi connectivity index (χ1) is 8.09. The summed E-state index contributed by atoms with van der Waals surface area (Å²) in [5, 5.41) is 5.31. The van der Waals surface area contributed by atoms with Gasteiger partial charge < -0.3 is 9.47 Å². The molecule has 1 aliphatic heterocycles. The van der Waals surface area contributed by atoms with E-state index in [1.807, 2.05) is 24.7 Å². The lowest BCUT2D eigenvalue weighted by Gasteiger charge is -2.16. The average Bonchev–Trinajstić information content (AvgIpc) is 2.83. The number of alkyl halides is 1. The highest BCUT2D eigenvalue weighted by Crippen LogP contribution is 2.24. The van der Waals surface area contributed by atoms with Crippen LogP contribution in [0.5, 0.6) is 0 Å². The molecule has 17 heavy (non-hydrogen) atoms. The highest BCUT2D eigenvalue weighted by atomic mass is 79.9. The minimum atomic E-state index is -0.421. The van der Waals surface area contributed by atoms with Crippen LogP contribution < -0.4 is 0 Å². The van der Waals surface area contributed by atoms with Gasteiger partial charge in [-0.3, -0.25) is 4.68 Å². The van der Waals surface area contributed by atoms with Crippen molar-refractivity contribution in [2.75, 3.05) is 11.9 Å². The SMILES string of the molecule is CC1(C)OCC(CCn2cc(CCBr)cn2)O1. The quantitative estimate of drug-likeness (QED) is 0.784. The van der Waals surface area contributed by atoms with E-state index in [1.165, 1.54) is 5.56 Å². The molecule has 0 saturated carbocycles. The van der Waals surface area contributed by atoms with Gasteiger partial charge in [-0.2, -0.15) is 5.10 Å². The molecular weight excluding hydrogens is 284 g/mol. The molecule has 2 rings (SSSR count). The van der Waals surface area contributed by atoms with Crippen LogP contribution in [0.1, 0.15) is 25.8 Å². The van der Waals surface area contributed by atoms with Crippen LogP contribution in [-0.2, 0) is 22.4 Å². The second-order valence-corrected chi connectivity index (χ2v) is 5.58. The van der Waals surface area contributed by atoms with E-state index < -0.39 is 5.79 Å². The van der Waals surface area contributed by atoms with E-state index in [9.17, 15) is 0 Å². The van der Waals surface area contributed by atoms with Crippen LogP contribution in [0, 0.1) is 0 Å². The summed E-state index contributed by atoms with van der Waals surface area (Å²) < 4.78 is 13.3. The molecule has 1 fully saturated rings. The number of hydrogen-bond donors (Lipinski definition) is 0. The van der Waals surface area contributed by atoms with Gasteiger partial charge in [0.15, 0.2) is 5.79 Å². The smallest absolute Gasteiger partial charge is 0.163 e. The van der Waals surface area contributed by atoms with Gasteiger partial charge in [-0.25, -0.2) is 0 Å². The average molecular weight is 303 g/mol. The first-order valence-corrected chi connectivity index (χ1v) is 7.10. The Hall–Kier alpha value is -0.390. The lowest BCUT2D eigenvalue weighted by molar-refractivity contribution is -0.139. The fourth-order valence-electron chi connectivity index (χ4n) is 1.95. The Kier molecular flexibility index (Phi) is 4.22. The molecule has 0 aromatic carbocycles. The third-order valence-electron chi connectivity index (χ3n) is 2.82. The van der Waals surface area contributed by atoms with Crippen LogP contribution in [0.15, 0.2) is 12.4 Å². The summed E-state index contributed by atoms with van der Waals surface area (Å²) in [5.41, 5.74) is 1.27. The highest BCUT2D eigenvalue weighted by Gasteiger charge is 2.32. The van der Waals surface area contributed by atoms with Crippen LogP contribution in [0.3, 0.4) is 0 Å². The maximum Gasteiger partial charge on any atom is 0.163 e. The van der Waals surface area contributed by atoms with Crippen molar-refractivity contribution in [1.82, 2.24) is 9.78 Å². The van der Waals surface area contributed by atoms with Crippen molar-refractivity contribution in [3.63, 3.8) is 0 Å². The van der Waals surface area contributed by atoms with Crippen molar-refractivity contribution in [3.05, 3.63) is 18.0 Å². The molecule has 0 spiro atoms. The zero-order valence-corrected chi connectivity index (χ0v) is 11.9. The monoisotopic (exact) mass is 302 g/mol. The molecule has 5 heteroatoms. The Morgan fingerprint density at radius 1 is 1.59 bits per heavy atom. The van der Waals surface area contributed by atoms with E-state index in [0.717, 1.165) is 24.7 Å². The molecule has 96 valence electrons. The topological polar surface area (TPSA) is 36.3 Å². The summed E-state index contributed by atoms with van der Waals surface area (Å²) in [6, 6.07) is 0. The molecule has 0 N–H and O–H groups in total. The van der Waals surface area contributed by atoms with Crippen molar-refractivity contribution in [2.45, 2.75) is 45.1 Å². The van der Waals surface area contributed by atoms with E-state index in [2.05, 4.69) is 27.2 Å². The molecule has 0 amide bonds. The molecule has 0 radical (unpaired) electrons. The maximum absolute atomic E-state index is 5.75. The zero-order chi connectivity index (χ0) is 12.3. The fraction of sp³-hybridized carbons (Fsp3) is 0.750. The molecule has 1 atom stereocenters.